The SMILES string of the molecule is CCC1(c2nnnn2C(CC)(CC)C(=O)O)CCCC1. The lowest BCUT2D eigenvalue weighted by molar-refractivity contribution is -0.149. The molecule has 1 aliphatic carbocycles. The van der Waals surface area contributed by atoms with Crippen LogP contribution in [-0.4, -0.2) is 31.3 Å². The normalized spacial score (nSPS) is 18.4. The van der Waals surface area contributed by atoms with Gasteiger partial charge in [0.2, 0.25) is 0 Å². The van der Waals surface area contributed by atoms with Crippen molar-refractivity contribution < 1.29 is 9.90 Å². The summed E-state index contributed by atoms with van der Waals surface area (Å²) in [5.41, 5.74) is -1.07. The molecule has 112 valence electrons. The number of carbonyl (C=O) groups is 1. The number of aromatic nitrogens is 4. The van der Waals surface area contributed by atoms with E-state index >= 15 is 0 Å². The van der Waals surface area contributed by atoms with Crippen LogP contribution in [0.2, 0.25) is 0 Å². The highest BCUT2D eigenvalue weighted by Gasteiger charge is 2.46. The van der Waals surface area contributed by atoms with E-state index in [9.17, 15) is 9.90 Å². The third-order valence-electron chi connectivity index (χ3n) is 5.15. The number of carboxylic acid groups (broad SMARTS) is 1. The molecule has 0 saturated heterocycles. The van der Waals surface area contributed by atoms with Crippen LogP contribution >= 0.6 is 0 Å². The van der Waals surface area contributed by atoms with Gasteiger partial charge in [0.05, 0.1) is 0 Å². The molecule has 1 fully saturated rings. The van der Waals surface area contributed by atoms with Crippen molar-refractivity contribution in [2.75, 3.05) is 0 Å². The first-order valence-corrected chi connectivity index (χ1v) is 7.59. The Morgan fingerprint density at radius 2 is 1.90 bits per heavy atom. The first-order valence-electron chi connectivity index (χ1n) is 7.59. The molecule has 1 saturated carbocycles. The van der Waals surface area contributed by atoms with Crippen LogP contribution in [0.4, 0.5) is 0 Å². The molecular weight excluding hydrogens is 256 g/mol. The second kappa shape index (κ2) is 5.50. The molecule has 0 aromatic carbocycles. The summed E-state index contributed by atoms with van der Waals surface area (Å²) >= 11 is 0. The third kappa shape index (κ3) is 2.01. The Morgan fingerprint density at radius 1 is 1.30 bits per heavy atom. The second-order valence-corrected chi connectivity index (χ2v) is 5.80. The van der Waals surface area contributed by atoms with Crippen molar-refractivity contribution in [2.24, 2.45) is 0 Å². The van der Waals surface area contributed by atoms with Crippen molar-refractivity contribution in [3.63, 3.8) is 0 Å². The Balaban J connectivity index is 2.54. The quantitative estimate of drug-likeness (QED) is 0.865. The minimum atomic E-state index is -1.02. The van der Waals surface area contributed by atoms with Crippen LogP contribution in [0.3, 0.4) is 0 Å². The standard InChI is InChI=1S/C14H24N4O2/c1-4-13(9-7-8-10-13)11-15-16-17-18(11)14(5-2,6-3)12(19)20/h4-10H2,1-3H3,(H,19,20). The van der Waals surface area contributed by atoms with Crippen molar-refractivity contribution in [3.05, 3.63) is 5.82 Å². The fourth-order valence-corrected chi connectivity index (χ4v) is 3.54. The molecule has 1 aliphatic rings. The number of tetrazole rings is 1. The van der Waals surface area contributed by atoms with E-state index in [1.807, 2.05) is 13.8 Å². The van der Waals surface area contributed by atoms with Gasteiger partial charge in [-0.1, -0.05) is 33.6 Å². The second-order valence-electron chi connectivity index (χ2n) is 5.80. The lowest BCUT2D eigenvalue weighted by atomic mass is 9.81. The van der Waals surface area contributed by atoms with E-state index in [4.69, 9.17) is 0 Å². The lowest BCUT2D eigenvalue weighted by Gasteiger charge is -2.33. The van der Waals surface area contributed by atoms with E-state index in [2.05, 4.69) is 22.4 Å². The minimum Gasteiger partial charge on any atom is -0.479 e. The molecule has 0 radical (unpaired) electrons. The van der Waals surface area contributed by atoms with Gasteiger partial charge in [0, 0.05) is 5.41 Å². The molecule has 1 N–H and O–H groups in total. The molecule has 2 rings (SSSR count). The van der Waals surface area contributed by atoms with E-state index in [-0.39, 0.29) is 5.41 Å². The highest BCUT2D eigenvalue weighted by Crippen LogP contribution is 2.44. The van der Waals surface area contributed by atoms with Crippen molar-refractivity contribution in [3.8, 4) is 0 Å². The summed E-state index contributed by atoms with van der Waals surface area (Å²) in [6, 6.07) is 0. The largest absolute Gasteiger partial charge is 0.479 e. The molecule has 0 aliphatic heterocycles. The molecule has 0 bridgehead atoms. The van der Waals surface area contributed by atoms with E-state index in [0.29, 0.717) is 12.8 Å². The van der Waals surface area contributed by atoms with Crippen LogP contribution in [0.15, 0.2) is 0 Å². The molecule has 20 heavy (non-hydrogen) atoms. The molecule has 0 spiro atoms. The fourth-order valence-electron chi connectivity index (χ4n) is 3.54. The maximum Gasteiger partial charge on any atom is 0.331 e. The van der Waals surface area contributed by atoms with Crippen molar-refractivity contribution in [1.29, 1.82) is 0 Å². The minimum absolute atomic E-state index is 0.0471. The molecule has 0 atom stereocenters. The predicted octanol–water partition coefficient (Wildman–Crippen LogP) is 2.49. The van der Waals surface area contributed by atoms with Crippen LogP contribution in [0.25, 0.3) is 0 Å². The number of nitrogens with zero attached hydrogens (tertiary/aromatic N) is 4. The number of rotatable bonds is 6. The number of hydrogen-bond donors (Lipinski definition) is 1. The Kier molecular flexibility index (Phi) is 4.11. The molecule has 6 heteroatoms. The van der Waals surface area contributed by atoms with Crippen molar-refractivity contribution >= 4 is 5.97 Å². The molecule has 1 aromatic rings. The van der Waals surface area contributed by atoms with Crippen LogP contribution in [-0.2, 0) is 15.7 Å². The molecule has 1 aromatic heterocycles. The van der Waals surface area contributed by atoms with Gasteiger partial charge in [-0.25, -0.2) is 9.48 Å². The Labute approximate surface area is 119 Å². The molecule has 0 amide bonds. The molecular formula is C14H24N4O2. The van der Waals surface area contributed by atoms with Crippen LogP contribution in [0, 0.1) is 0 Å². The van der Waals surface area contributed by atoms with Gasteiger partial charge < -0.3 is 5.11 Å². The molecule has 6 nitrogen and oxygen atoms in total. The Morgan fingerprint density at radius 3 is 2.35 bits per heavy atom. The summed E-state index contributed by atoms with van der Waals surface area (Å²) in [7, 11) is 0. The monoisotopic (exact) mass is 280 g/mol. The predicted molar refractivity (Wildman–Crippen MR) is 74.4 cm³/mol. The van der Waals surface area contributed by atoms with Gasteiger partial charge in [-0.05, 0) is 42.5 Å². The van der Waals surface area contributed by atoms with Gasteiger partial charge in [-0.15, -0.1) is 5.10 Å². The van der Waals surface area contributed by atoms with E-state index in [1.165, 1.54) is 12.8 Å². The summed E-state index contributed by atoms with van der Waals surface area (Å²) in [6.45, 7) is 5.91. The zero-order valence-electron chi connectivity index (χ0n) is 12.6. The zero-order valence-corrected chi connectivity index (χ0v) is 12.6. The van der Waals surface area contributed by atoms with Crippen LogP contribution in [0.5, 0.6) is 0 Å². The third-order valence-corrected chi connectivity index (χ3v) is 5.15. The first kappa shape index (κ1) is 14.9. The summed E-state index contributed by atoms with van der Waals surface area (Å²) in [5, 5.41) is 21.8. The fraction of sp³-hybridized carbons (Fsp3) is 0.857. The number of carboxylic acids is 1. The van der Waals surface area contributed by atoms with Gasteiger partial charge in [0.25, 0.3) is 0 Å². The number of aliphatic carboxylic acids is 1. The summed E-state index contributed by atoms with van der Waals surface area (Å²) < 4.78 is 1.60. The van der Waals surface area contributed by atoms with E-state index in [1.54, 1.807) is 4.68 Å². The number of hydrogen-bond acceptors (Lipinski definition) is 4. The van der Waals surface area contributed by atoms with E-state index in [0.717, 1.165) is 25.1 Å². The van der Waals surface area contributed by atoms with E-state index < -0.39 is 11.5 Å². The zero-order chi connectivity index (χ0) is 14.8. The van der Waals surface area contributed by atoms with Gasteiger partial charge in [0.15, 0.2) is 11.4 Å². The average Bonchev–Trinajstić information content (AvgIpc) is 3.10. The Hall–Kier alpha value is -1.46. The Bertz CT molecular complexity index is 473. The average molecular weight is 280 g/mol. The topological polar surface area (TPSA) is 80.9 Å². The summed E-state index contributed by atoms with van der Waals surface area (Å²) in [5.74, 6) is -0.0797. The highest BCUT2D eigenvalue weighted by molar-refractivity contribution is 5.76. The van der Waals surface area contributed by atoms with Crippen molar-refractivity contribution in [2.45, 2.75) is 76.7 Å². The molecule has 1 heterocycles. The molecule has 0 unspecified atom stereocenters. The smallest absolute Gasteiger partial charge is 0.331 e. The van der Waals surface area contributed by atoms with Crippen LogP contribution < -0.4 is 0 Å². The van der Waals surface area contributed by atoms with Gasteiger partial charge in [-0.3, -0.25) is 0 Å². The maximum absolute atomic E-state index is 11.8. The van der Waals surface area contributed by atoms with Gasteiger partial charge in [0.1, 0.15) is 0 Å². The first-order chi connectivity index (χ1) is 9.56. The van der Waals surface area contributed by atoms with Gasteiger partial charge >= 0.3 is 5.97 Å². The lowest BCUT2D eigenvalue weighted by Crippen LogP contribution is -2.45. The summed E-state index contributed by atoms with van der Waals surface area (Å²) in [4.78, 5) is 11.8. The van der Waals surface area contributed by atoms with Crippen molar-refractivity contribution in [1.82, 2.24) is 20.2 Å². The van der Waals surface area contributed by atoms with Gasteiger partial charge in [-0.2, -0.15) is 0 Å². The highest BCUT2D eigenvalue weighted by atomic mass is 16.4. The van der Waals surface area contributed by atoms with Crippen LogP contribution in [0.1, 0.15) is 71.5 Å². The summed E-state index contributed by atoms with van der Waals surface area (Å²) in [6.07, 6.45) is 6.35. The maximum atomic E-state index is 11.8.